The van der Waals surface area contributed by atoms with Gasteiger partial charge in [-0.3, -0.25) is 9.59 Å². The van der Waals surface area contributed by atoms with Crippen molar-refractivity contribution in [3.63, 3.8) is 0 Å². The summed E-state index contributed by atoms with van der Waals surface area (Å²) in [6.07, 6.45) is 5.61. The van der Waals surface area contributed by atoms with Crippen LogP contribution in [0.25, 0.3) is 0 Å². The van der Waals surface area contributed by atoms with E-state index in [1.165, 1.54) is 6.26 Å². The van der Waals surface area contributed by atoms with Crippen LogP contribution in [-0.2, 0) is 27.2 Å². The Hall–Kier alpha value is -2.71. The highest BCUT2D eigenvalue weighted by Crippen LogP contribution is 2.17. The van der Waals surface area contributed by atoms with Crippen molar-refractivity contribution in [1.82, 2.24) is 15.2 Å². The summed E-state index contributed by atoms with van der Waals surface area (Å²) in [4.78, 5) is 31.4. The van der Waals surface area contributed by atoms with Gasteiger partial charge in [-0.25, -0.2) is 4.98 Å². The van der Waals surface area contributed by atoms with Crippen LogP contribution in [-0.4, -0.2) is 60.2 Å². The first-order valence-corrected chi connectivity index (χ1v) is 10.9. The van der Waals surface area contributed by atoms with Crippen LogP contribution in [0, 0.1) is 0 Å². The summed E-state index contributed by atoms with van der Waals surface area (Å²) in [7, 11) is 0. The Balaban J connectivity index is 1.37. The van der Waals surface area contributed by atoms with Crippen LogP contribution in [0.5, 0.6) is 0 Å². The fourth-order valence-corrected chi connectivity index (χ4v) is 3.92. The van der Waals surface area contributed by atoms with Crippen LogP contribution in [0.15, 0.2) is 41.0 Å². The molecule has 166 valence electrons. The van der Waals surface area contributed by atoms with Crippen molar-refractivity contribution in [2.24, 2.45) is 0 Å². The monoisotopic (exact) mass is 427 g/mol. The summed E-state index contributed by atoms with van der Waals surface area (Å²) in [5, 5.41) is 2.83. The molecule has 8 nitrogen and oxygen atoms in total. The largest absolute Gasteiger partial charge is 0.446 e. The number of ether oxygens (including phenoxy) is 2. The maximum Gasteiger partial charge on any atom is 0.273 e. The van der Waals surface area contributed by atoms with Crippen molar-refractivity contribution >= 4 is 11.8 Å². The normalized spacial score (nSPS) is 20.6. The predicted octanol–water partition coefficient (Wildman–Crippen LogP) is 2.33. The minimum Gasteiger partial charge on any atom is -0.446 e. The third kappa shape index (κ3) is 6.15. The van der Waals surface area contributed by atoms with Gasteiger partial charge in [0, 0.05) is 26.3 Å². The van der Waals surface area contributed by atoms with Crippen molar-refractivity contribution in [3.8, 4) is 0 Å². The molecule has 2 aromatic rings. The number of nitrogens with one attached hydrogen (secondary N) is 1. The molecule has 4 rings (SSSR count). The van der Waals surface area contributed by atoms with Crippen LogP contribution in [0.4, 0.5) is 0 Å². The molecule has 1 N–H and O–H groups in total. The smallest absolute Gasteiger partial charge is 0.273 e. The Morgan fingerprint density at radius 3 is 2.52 bits per heavy atom. The molecule has 2 fully saturated rings. The van der Waals surface area contributed by atoms with E-state index in [0.717, 1.165) is 44.5 Å². The standard InChI is InChI=1S/C23H29N3O5/c27-22(12-17-6-2-1-3-7-17)26(14-19-9-5-11-30-19)15-21-25-20(16-31-21)23(28)24-13-18-8-4-10-29-18/h1-3,6-7,16,18-19H,4-5,8-15H2,(H,24,28). The molecule has 2 amide bonds. The Bertz CT molecular complexity index is 857. The molecular formula is C23H29N3O5. The van der Waals surface area contributed by atoms with Gasteiger partial charge in [-0.05, 0) is 31.2 Å². The molecule has 0 bridgehead atoms. The van der Waals surface area contributed by atoms with Crippen molar-refractivity contribution in [1.29, 1.82) is 0 Å². The van der Waals surface area contributed by atoms with Crippen LogP contribution >= 0.6 is 0 Å². The molecule has 2 atom stereocenters. The van der Waals surface area contributed by atoms with E-state index in [4.69, 9.17) is 13.9 Å². The number of rotatable bonds is 9. The summed E-state index contributed by atoms with van der Waals surface area (Å²) < 4.78 is 16.8. The SMILES string of the molecule is O=C(NCC1CCCO1)c1coc(CN(CC2CCCO2)C(=O)Cc2ccccc2)n1. The van der Waals surface area contributed by atoms with Crippen LogP contribution in [0.2, 0.25) is 0 Å². The lowest BCUT2D eigenvalue weighted by Gasteiger charge is -2.24. The van der Waals surface area contributed by atoms with Gasteiger partial charge in [-0.1, -0.05) is 30.3 Å². The molecule has 0 radical (unpaired) electrons. The molecule has 0 saturated carbocycles. The van der Waals surface area contributed by atoms with Crippen LogP contribution < -0.4 is 5.32 Å². The summed E-state index contributed by atoms with van der Waals surface area (Å²) in [6.45, 7) is 2.60. The Labute approximate surface area is 181 Å². The van der Waals surface area contributed by atoms with E-state index in [0.29, 0.717) is 25.4 Å². The molecule has 2 aliphatic heterocycles. The fourth-order valence-electron chi connectivity index (χ4n) is 3.92. The quantitative estimate of drug-likeness (QED) is 0.660. The van der Waals surface area contributed by atoms with Crippen molar-refractivity contribution in [3.05, 3.63) is 53.7 Å². The zero-order valence-electron chi connectivity index (χ0n) is 17.6. The van der Waals surface area contributed by atoms with Gasteiger partial charge in [0.05, 0.1) is 25.2 Å². The first-order chi connectivity index (χ1) is 15.2. The minimum atomic E-state index is -0.299. The number of carbonyl (C=O) groups is 2. The molecule has 0 aliphatic carbocycles. The lowest BCUT2D eigenvalue weighted by Crippen LogP contribution is -2.38. The summed E-state index contributed by atoms with van der Waals surface area (Å²) >= 11 is 0. The second-order valence-corrected chi connectivity index (χ2v) is 8.04. The third-order valence-corrected chi connectivity index (χ3v) is 5.62. The van der Waals surface area contributed by atoms with E-state index in [2.05, 4.69) is 10.3 Å². The molecular weight excluding hydrogens is 398 g/mol. The lowest BCUT2D eigenvalue weighted by molar-refractivity contribution is -0.133. The number of carbonyl (C=O) groups excluding carboxylic acids is 2. The van der Waals surface area contributed by atoms with E-state index < -0.39 is 0 Å². The minimum absolute atomic E-state index is 0.0175. The summed E-state index contributed by atoms with van der Waals surface area (Å²) in [5.41, 5.74) is 1.16. The Kier molecular flexibility index (Phi) is 7.32. The van der Waals surface area contributed by atoms with E-state index >= 15 is 0 Å². The number of aromatic nitrogens is 1. The van der Waals surface area contributed by atoms with E-state index in [1.807, 2.05) is 30.3 Å². The van der Waals surface area contributed by atoms with E-state index in [9.17, 15) is 9.59 Å². The van der Waals surface area contributed by atoms with Crippen molar-refractivity contribution < 1.29 is 23.5 Å². The summed E-state index contributed by atoms with van der Waals surface area (Å²) in [5.74, 6) is 0.0118. The zero-order chi connectivity index (χ0) is 21.5. The summed E-state index contributed by atoms with van der Waals surface area (Å²) in [6, 6.07) is 9.63. The number of oxazole rings is 1. The molecule has 3 heterocycles. The predicted molar refractivity (Wildman–Crippen MR) is 112 cm³/mol. The molecule has 8 heteroatoms. The highest BCUT2D eigenvalue weighted by molar-refractivity contribution is 5.91. The van der Waals surface area contributed by atoms with Gasteiger partial charge in [-0.2, -0.15) is 0 Å². The molecule has 31 heavy (non-hydrogen) atoms. The van der Waals surface area contributed by atoms with Crippen molar-refractivity contribution in [2.45, 2.75) is 50.9 Å². The van der Waals surface area contributed by atoms with Crippen LogP contribution in [0.1, 0.15) is 47.6 Å². The Morgan fingerprint density at radius 1 is 1.06 bits per heavy atom. The highest BCUT2D eigenvalue weighted by Gasteiger charge is 2.25. The van der Waals surface area contributed by atoms with Gasteiger partial charge in [0.15, 0.2) is 5.69 Å². The topological polar surface area (TPSA) is 93.9 Å². The first kappa shape index (κ1) is 21.5. The molecule has 2 aliphatic rings. The number of hydrogen-bond acceptors (Lipinski definition) is 6. The number of nitrogens with zero attached hydrogens (tertiary/aromatic N) is 2. The van der Waals surface area contributed by atoms with Crippen molar-refractivity contribution in [2.75, 3.05) is 26.3 Å². The highest BCUT2D eigenvalue weighted by atomic mass is 16.5. The van der Waals surface area contributed by atoms with E-state index in [-0.39, 0.29) is 36.3 Å². The van der Waals surface area contributed by atoms with Gasteiger partial charge in [0.1, 0.15) is 6.26 Å². The molecule has 2 saturated heterocycles. The molecule has 1 aromatic heterocycles. The molecule has 0 spiro atoms. The van der Waals surface area contributed by atoms with Crippen LogP contribution in [0.3, 0.4) is 0 Å². The fraction of sp³-hybridized carbons (Fsp3) is 0.522. The maximum atomic E-state index is 13.0. The van der Waals surface area contributed by atoms with Gasteiger partial charge in [0.25, 0.3) is 5.91 Å². The lowest BCUT2D eigenvalue weighted by atomic mass is 10.1. The van der Waals surface area contributed by atoms with Gasteiger partial charge < -0.3 is 24.1 Å². The average molecular weight is 428 g/mol. The van der Waals surface area contributed by atoms with Gasteiger partial charge in [0.2, 0.25) is 11.8 Å². The second-order valence-electron chi connectivity index (χ2n) is 8.04. The zero-order valence-corrected chi connectivity index (χ0v) is 17.6. The molecule has 2 unspecified atom stereocenters. The molecule has 1 aromatic carbocycles. The second kappa shape index (κ2) is 10.5. The van der Waals surface area contributed by atoms with Gasteiger partial charge >= 0.3 is 0 Å². The Morgan fingerprint density at radius 2 is 1.81 bits per heavy atom. The third-order valence-electron chi connectivity index (χ3n) is 5.62. The number of hydrogen-bond donors (Lipinski definition) is 1. The average Bonchev–Trinajstić information content (AvgIpc) is 3.55. The maximum absolute atomic E-state index is 13.0. The van der Waals surface area contributed by atoms with E-state index in [1.54, 1.807) is 4.90 Å². The number of benzene rings is 1. The first-order valence-electron chi connectivity index (χ1n) is 10.9. The van der Waals surface area contributed by atoms with Gasteiger partial charge in [-0.15, -0.1) is 0 Å². The number of amides is 2.